The quantitative estimate of drug-likeness (QED) is 0.533. The summed E-state index contributed by atoms with van der Waals surface area (Å²) in [7, 11) is 0. The van der Waals surface area contributed by atoms with Crippen LogP contribution >= 0.6 is 0 Å². The van der Waals surface area contributed by atoms with E-state index >= 15 is 0 Å². The largest absolute Gasteiger partial charge is 0.290 e. The topological polar surface area (TPSA) is 12.4 Å². The Balaban J connectivity index is 3.66. The molecule has 0 aliphatic carbocycles. The molecule has 10 heavy (non-hydrogen) atoms. The van der Waals surface area contributed by atoms with E-state index in [1.165, 1.54) is 5.57 Å². The van der Waals surface area contributed by atoms with Crippen LogP contribution in [0.1, 0.15) is 34.1 Å². The van der Waals surface area contributed by atoms with Gasteiger partial charge in [-0.3, -0.25) is 4.99 Å². The molecule has 0 heterocycles. The summed E-state index contributed by atoms with van der Waals surface area (Å²) in [5.41, 5.74) is 1.30. The third-order valence-electron chi connectivity index (χ3n) is 1.34. The molecule has 0 N–H and O–H groups in total. The van der Waals surface area contributed by atoms with Crippen LogP contribution < -0.4 is 0 Å². The van der Waals surface area contributed by atoms with Crippen molar-refractivity contribution < 1.29 is 0 Å². The molecule has 0 amide bonds. The summed E-state index contributed by atoms with van der Waals surface area (Å²) in [5.74, 6) is 0. The smallest absolute Gasteiger partial charge is 0.0468 e. The highest BCUT2D eigenvalue weighted by atomic mass is 14.7. The van der Waals surface area contributed by atoms with Gasteiger partial charge >= 0.3 is 0 Å². The van der Waals surface area contributed by atoms with Gasteiger partial charge in [0, 0.05) is 12.3 Å². The molecular formula is C9H17N. The van der Waals surface area contributed by atoms with E-state index in [0.29, 0.717) is 6.04 Å². The molecule has 0 rings (SSSR count). The summed E-state index contributed by atoms with van der Waals surface area (Å²) in [6.07, 6.45) is 5.04. The van der Waals surface area contributed by atoms with Crippen molar-refractivity contribution in [2.24, 2.45) is 4.99 Å². The van der Waals surface area contributed by atoms with Crippen LogP contribution in [0.2, 0.25) is 0 Å². The Kier molecular flexibility index (Phi) is 4.91. The fourth-order valence-electron chi connectivity index (χ4n) is 0.444. The lowest BCUT2D eigenvalue weighted by atomic mass is 10.3. The average Bonchev–Trinajstić information content (AvgIpc) is 1.87. The summed E-state index contributed by atoms with van der Waals surface area (Å²) in [4.78, 5) is 4.28. The van der Waals surface area contributed by atoms with E-state index in [0.717, 1.165) is 6.42 Å². The Morgan fingerprint density at radius 1 is 1.50 bits per heavy atom. The second kappa shape index (κ2) is 5.21. The van der Waals surface area contributed by atoms with Crippen molar-refractivity contribution in [3.63, 3.8) is 0 Å². The summed E-state index contributed by atoms with van der Waals surface area (Å²) in [6, 6.07) is 0.468. The van der Waals surface area contributed by atoms with Crippen LogP contribution in [0.5, 0.6) is 0 Å². The maximum atomic E-state index is 4.28. The first-order chi connectivity index (χ1) is 4.66. The molecule has 1 unspecified atom stereocenters. The fraction of sp³-hybridized carbons (Fsp3) is 0.667. The van der Waals surface area contributed by atoms with Gasteiger partial charge in [0.25, 0.3) is 0 Å². The highest BCUT2D eigenvalue weighted by Crippen LogP contribution is 1.93. The van der Waals surface area contributed by atoms with Crippen LogP contribution in [0.3, 0.4) is 0 Å². The highest BCUT2D eigenvalue weighted by Gasteiger charge is 1.88. The molecule has 0 radical (unpaired) electrons. The first-order valence-corrected chi connectivity index (χ1v) is 3.83. The molecule has 0 bridgehead atoms. The summed E-state index contributed by atoms with van der Waals surface area (Å²) in [6.45, 7) is 8.41. The van der Waals surface area contributed by atoms with Gasteiger partial charge in [0.1, 0.15) is 0 Å². The number of nitrogens with zero attached hydrogens (tertiary/aromatic N) is 1. The lowest BCUT2D eigenvalue weighted by molar-refractivity contribution is 0.720. The summed E-state index contributed by atoms with van der Waals surface area (Å²) < 4.78 is 0. The fourth-order valence-corrected chi connectivity index (χ4v) is 0.444. The van der Waals surface area contributed by atoms with Gasteiger partial charge < -0.3 is 0 Å². The maximum absolute atomic E-state index is 4.28. The Hall–Kier alpha value is -0.590. The molecule has 0 saturated heterocycles. The van der Waals surface area contributed by atoms with Gasteiger partial charge in [0.15, 0.2) is 0 Å². The van der Waals surface area contributed by atoms with E-state index in [4.69, 9.17) is 0 Å². The zero-order valence-corrected chi connectivity index (χ0v) is 7.39. The Bertz CT molecular complexity index is 130. The minimum absolute atomic E-state index is 0.468. The van der Waals surface area contributed by atoms with Crippen LogP contribution in [0, 0.1) is 0 Å². The van der Waals surface area contributed by atoms with E-state index in [2.05, 4.69) is 32.7 Å². The molecule has 0 aliphatic heterocycles. The van der Waals surface area contributed by atoms with Crippen LogP contribution in [-0.4, -0.2) is 12.3 Å². The number of aliphatic imine (C=N–C) groups is 1. The molecule has 0 fully saturated rings. The SMILES string of the molecule is CCC(C)/N=C/C=C(C)C. The lowest BCUT2D eigenvalue weighted by Crippen LogP contribution is -1.93. The Morgan fingerprint density at radius 3 is 2.50 bits per heavy atom. The standard InChI is InChI=1S/C9H17N/c1-5-9(4)10-7-6-8(2)3/h6-7,9H,5H2,1-4H3/b10-7+. The molecule has 0 aromatic heterocycles. The first-order valence-electron chi connectivity index (χ1n) is 3.83. The second-order valence-electron chi connectivity index (χ2n) is 2.80. The Morgan fingerprint density at radius 2 is 2.10 bits per heavy atom. The zero-order valence-electron chi connectivity index (χ0n) is 7.39. The molecule has 0 saturated carbocycles. The number of hydrogen-bond acceptors (Lipinski definition) is 1. The average molecular weight is 139 g/mol. The monoisotopic (exact) mass is 139 g/mol. The second-order valence-corrected chi connectivity index (χ2v) is 2.80. The number of hydrogen-bond donors (Lipinski definition) is 0. The summed E-state index contributed by atoms with van der Waals surface area (Å²) >= 11 is 0. The summed E-state index contributed by atoms with van der Waals surface area (Å²) in [5, 5.41) is 0. The van der Waals surface area contributed by atoms with Crippen molar-refractivity contribution in [1.29, 1.82) is 0 Å². The molecule has 1 nitrogen and oxygen atoms in total. The van der Waals surface area contributed by atoms with Gasteiger partial charge in [-0.2, -0.15) is 0 Å². The lowest BCUT2D eigenvalue weighted by Gasteiger charge is -1.97. The molecule has 0 aromatic carbocycles. The van der Waals surface area contributed by atoms with Gasteiger partial charge in [-0.05, 0) is 33.3 Å². The molecule has 58 valence electrons. The minimum Gasteiger partial charge on any atom is -0.290 e. The minimum atomic E-state index is 0.468. The van der Waals surface area contributed by atoms with E-state index in [1.54, 1.807) is 0 Å². The van der Waals surface area contributed by atoms with Crippen molar-refractivity contribution in [1.82, 2.24) is 0 Å². The molecule has 1 heteroatoms. The Labute approximate surface area is 63.9 Å². The van der Waals surface area contributed by atoms with Gasteiger partial charge in [-0.15, -0.1) is 0 Å². The van der Waals surface area contributed by atoms with Crippen LogP contribution in [0.4, 0.5) is 0 Å². The molecular weight excluding hydrogens is 122 g/mol. The first kappa shape index (κ1) is 9.41. The number of allylic oxidation sites excluding steroid dienone is 2. The third kappa shape index (κ3) is 5.54. The molecule has 0 spiro atoms. The number of rotatable bonds is 3. The van der Waals surface area contributed by atoms with Gasteiger partial charge in [-0.25, -0.2) is 0 Å². The molecule has 0 aliphatic rings. The van der Waals surface area contributed by atoms with Crippen LogP contribution in [0.25, 0.3) is 0 Å². The van der Waals surface area contributed by atoms with E-state index in [-0.39, 0.29) is 0 Å². The highest BCUT2D eigenvalue weighted by molar-refractivity contribution is 5.71. The van der Waals surface area contributed by atoms with E-state index < -0.39 is 0 Å². The maximum Gasteiger partial charge on any atom is 0.0468 e. The molecule has 1 atom stereocenters. The van der Waals surface area contributed by atoms with Gasteiger partial charge in [0.05, 0.1) is 0 Å². The predicted octanol–water partition coefficient (Wildman–Crippen LogP) is 2.82. The van der Waals surface area contributed by atoms with Crippen LogP contribution in [-0.2, 0) is 0 Å². The third-order valence-corrected chi connectivity index (χ3v) is 1.34. The van der Waals surface area contributed by atoms with Gasteiger partial charge in [0.2, 0.25) is 0 Å². The van der Waals surface area contributed by atoms with Crippen molar-refractivity contribution in [2.45, 2.75) is 40.2 Å². The van der Waals surface area contributed by atoms with E-state index in [9.17, 15) is 0 Å². The van der Waals surface area contributed by atoms with Crippen molar-refractivity contribution in [2.75, 3.05) is 0 Å². The molecule has 0 aromatic rings. The van der Waals surface area contributed by atoms with Crippen LogP contribution in [0.15, 0.2) is 16.6 Å². The van der Waals surface area contributed by atoms with Gasteiger partial charge in [-0.1, -0.05) is 12.5 Å². The normalized spacial score (nSPS) is 13.6. The van der Waals surface area contributed by atoms with E-state index in [1.807, 2.05) is 12.3 Å². The van der Waals surface area contributed by atoms with Crippen molar-refractivity contribution >= 4 is 6.21 Å². The van der Waals surface area contributed by atoms with Crippen molar-refractivity contribution in [3.8, 4) is 0 Å². The van der Waals surface area contributed by atoms with Crippen molar-refractivity contribution in [3.05, 3.63) is 11.6 Å². The predicted molar refractivity (Wildman–Crippen MR) is 47.7 cm³/mol. The zero-order chi connectivity index (χ0) is 7.98.